The number of hydrogen-bond donors (Lipinski definition) is 0. The van der Waals surface area contributed by atoms with Crippen LogP contribution >= 0.6 is 23.2 Å². The van der Waals surface area contributed by atoms with Crippen LogP contribution in [0.1, 0.15) is 56.2 Å². The second-order valence-electron chi connectivity index (χ2n) is 6.16. The molecule has 0 aliphatic heterocycles. The number of hydrogen-bond acceptors (Lipinski definition) is 2. The zero-order valence-electron chi connectivity index (χ0n) is 14.7. The van der Waals surface area contributed by atoms with E-state index in [1.54, 1.807) is 12.3 Å². The Kier molecular flexibility index (Phi) is 8.31. The van der Waals surface area contributed by atoms with Crippen LogP contribution in [0.4, 0.5) is 5.69 Å². The van der Waals surface area contributed by atoms with Crippen LogP contribution in [0.2, 0.25) is 10.0 Å². The summed E-state index contributed by atoms with van der Waals surface area (Å²) in [5.74, 6) is 0.430. The van der Waals surface area contributed by atoms with Gasteiger partial charge >= 0.3 is 29.6 Å². The average Bonchev–Trinajstić information content (AvgIpc) is 2.48. The van der Waals surface area contributed by atoms with Gasteiger partial charge in [0.05, 0.1) is 5.69 Å². The van der Waals surface area contributed by atoms with Crippen LogP contribution in [-0.2, 0) is 0 Å². The SMILES string of the molecule is CC(C)c1cccc(C(C)C)c1N=Cc1cc(Cl)cc(Cl)c1[O-].[Na+]. The number of aliphatic imine (C=N–C) groups is 1. The fourth-order valence-electron chi connectivity index (χ4n) is 2.47. The Hall–Kier alpha value is -0.510. The van der Waals surface area contributed by atoms with Crippen molar-refractivity contribution in [3.63, 3.8) is 0 Å². The topological polar surface area (TPSA) is 35.4 Å². The van der Waals surface area contributed by atoms with Gasteiger partial charge in [-0.05, 0) is 40.7 Å². The van der Waals surface area contributed by atoms with Crippen molar-refractivity contribution in [2.24, 2.45) is 4.99 Å². The van der Waals surface area contributed by atoms with Gasteiger partial charge in [0.25, 0.3) is 0 Å². The minimum absolute atomic E-state index is 0. The van der Waals surface area contributed by atoms with Gasteiger partial charge in [0.1, 0.15) is 0 Å². The first-order valence-electron chi connectivity index (χ1n) is 7.64. The minimum Gasteiger partial charge on any atom is -0.871 e. The summed E-state index contributed by atoms with van der Waals surface area (Å²) in [7, 11) is 0. The molecule has 0 heterocycles. The zero-order chi connectivity index (χ0) is 17.1. The molecule has 0 saturated heterocycles. The van der Waals surface area contributed by atoms with E-state index in [-0.39, 0.29) is 40.3 Å². The van der Waals surface area contributed by atoms with Crippen LogP contribution < -0.4 is 34.7 Å². The number of nitrogens with zero attached hydrogens (tertiary/aromatic N) is 1. The Bertz CT molecular complexity index is 716. The van der Waals surface area contributed by atoms with Gasteiger partial charge in [-0.2, -0.15) is 0 Å². The van der Waals surface area contributed by atoms with Crippen LogP contribution in [0.5, 0.6) is 5.75 Å². The molecule has 0 aliphatic carbocycles. The molecule has 0 spiro atoms. The van der Waals surface area contributed by atoms with Crippen molar-refractivity contribution in [1.82, 2.24) is 0 Å². The first kappa shape index (κ1) is 21.5. The molecule has 0 fully saturated rings. The summed E-state index contributed by atoms with van der Waals surface area (Å²) in [5, 5.41) is 12.6. The molecule has 2 aromatic carbocycles. The van der Waals surface area contributed by atoms with Crippen LogP contribution in [0.3, 0.4) is 0 Å². The van der Waals surface area contributed by atoms with Gasteiger partial charge in [0.2, 0.25) is 0 Å². The average molecular weight is 372 g/mol. The normalized spacial score (nSPS) is 11.3. The van der Waals surface area contributed by atoms with Gasteiger partial charge in [-0.25, -0.2) is 0 Å². The summed E-state index contributed by atoms with van der Waals surface area (Å²) < 4.78 is 0. The van der Waals surface area contributed by atoms with E-state index in [1.807, 2.05) is 0 Å². The molecule has 0 aromatic heterocycles. The number of halogens is 2. The quantitative estimate of drug-likeness (QED) is 0.600. The van der Waals surface area contributed by atoms with Crippen molar-refractivity contribution in [2.45, 2.75) is 39.5 Å². The Morgan fingerprint density at radius 2 is 1.54 bits per heavy atom. The molecular formula is C19H20Cl2NNaO. The summed E-state index contributed by atoms with van der Waals surface area (Å²) in [5.41, 5.74) is 3.64. The summed E-state index contributed by atoms with van der Waals surface area (Å²) in [6, 6.07) is 9.24. The molecule has 2 nitrogen and oxygen atoms in total. The maximum absolute atomic E-state index is 12.1. The van der Waals surface area contributed by atoms with E-state index in [2.05, 4.69) is 50.9 Å². The molecule has 0 radical (unpaired) electrons. The van der Waals surface area contributed by atoms with E-state index in [1.165, 1.54) is 6.07 Å². The second kappa shape index (κ2) is 9.26. The molecule has 5 heteroatoms. The molecule has 24 heavy (non-hydrogen) atoms. The van der Waals surface area contributed by atoms with Crippen LogP contribution in [-0.4, -0.2) is 6.21 Å². The second-order valence-corrected chi connectivity index (χ2v) is 7.00. The third-order valence-corrected chi connectivity index (χ3v) is 4.21. The van der Waals surface area contributed by atoms with Crippen molar-refractivity contribution >= 4 is 35.1 Å². The van der Waals surface area contributed by atoms with E-state index >= 15 is 0 Å². The predicted octanol–water partition coefficient (Wildman–Crippen LogP) is 3.07. The Balaban J connectivity index is 0.00000288. The Morgan fingerprint density at radius 3 is 2.04 bits per heavy atom. The summed E-state index contributed by atoms with van der Waals surface area (Å²) in [4.78, 5) is 4.62. The maximum atomic E-state index is 12.1. The zero-order valence-corrected chi connectivity index (χ0v) is 18.2. The van der Waals surface area contributed by atoms with Crippen molar-refractivity contribution in [2.75, 3.05) is 0 Å². The third-order valence-electron chi connectivity index (χ3n) is 3.71. The molecule has 0 N–H and O–H groups in total. The Labute approximate surface area is 176 Å². The molecule has 0 bridgehead atoms. The number of benzene rings is 2. The fraction of sp³-hybridized carbons (Fsp3) is 0.316. The molecule has 0 atom stereocenters. The van der Waals surface area contributed by atoms with Crippen molar-refractivity contribution in [3.05, 3.63) is 57.1 Å². The molecule has 0 aliphatic rings. The van der Waals surface area contributed by atoms with Crippen molar-refractivity contribution in [1.29, 1.82) is 0 Å². The number of para-hydroxylation sites is 1. The van der Waals surface area contributed by atoms with Gasteiger partial charge in [0, 0.05) is 16.3 Å². The molecule has 0 unspecified atom stereocenters. The summed E-state index contributed by atoms with van der Waals surface area (Å²) >= 11 is 11.9. The van der Waals surface area contributed by atoms with Gasteiger partial charge in [-0.3, -0.25) is 4.99 Å². The minimum atomic E-state index is -0.257. The van der Waals surface area contributed by atoms with Gasteiger partial charge in [-0.1, -0.05) is 74.8 Å². The van der Waals surface area contributed by atoms with Gasteiger partial charge in [-0.15, -0.1) is 0 Å². The van der Waals surface area contributed by atoms with Gasteiger partial charge in [0.15, 0.2) is 0 Å². The van der Waals surface area contributed by atoms with E-state index < -0.39 is 0 Å². The monoisotopic (exact) mass is 371 g/mol. The molecule has 0 saturated carbocycles. The van der Waals surface area contributed by atoms with Crippen molar-refractivity contribution in [3.8, 4) is 5.75 Å². The summed E-state index contributed by atoms with van der Waals surface area (Å²) in [6.07, 6.45) is 1.56. The molecule has 2 aromatic rings. The molecule has 2 rings (SSSR count). The molecule has 122 valence electrons. The van der Waals surface area contributed by atoms with E-state index in [9.17, 15) is 5.11 Å². The van der Waals surface area contributed by atoms with E-state index in [0.717, 1.165) is 16.8 Å². The maximum Gasteiger partial charge on any atom is 1.00 e. The van der Waals surface area contributed by atoms with Gasteiger partial charge < -0.3 is 5.11 Å². The first-order chi connectivity index (χ1) is 10.8. The van der Waals surface area contributed by atoms with E-state index in [0.29, 0.717) is 22.4 Å². The number of rotatable bonds is 4. The smallest absolute Gasteiger partial charge is 0.871 e. The largest absolute Gasteiger partial charge is 1.00 e. The third kappa shape index (κ3) is 5.00. The van der Waals surface area contributed by atoms with Crippen molar-refractivity contribution < 1.29 is 34.7 Å². The van der Waals surface area contributed by atoms with E-state index in [4.69, 9.17) is 23.2 Å². The van der Waals surface area contributed by atoms with Crippen LogP contribution in [0.25, 0.3) is 0 Å². The van der Waals surface area contributed by atoms with Crippen LogP contribution in [0.15, 0.2) is 35.3 Å². The molecular weight excluding hydrogens is 352 g/mol. The standard InChI is InChI=1S/C19H21Cl2NO.Na/c1-11(2)15-6-5-7-16(12(3)4)18(15)22-10-13-8-14(20)9-17(21)19(13)23;/h5-12,23H,1-4H3;/q;+1/p-1. The first-order valence-corrected chi connectivity index (χ1v) is 8.39. The molecule has 0 amide bonds. The summed E-state index contributed by atoms with van der Waals surface area (Å²) in [6.45, 7) is 8.53. The fourth-order valence-corrected chi connectivity index (χ4v) is 2.98. The predicted molar refractivity (Wildman–Crippen MR) is 97.8 cm³/mol. The van der Waals surface area contributed by atoms with Crippen LogP contribution in [0, 0.1) is 0 Å². The Morgan fingerprint density at radius 1 is 1.00 bits per heavy atom.